The number of nitrogen functional groups attached to an aromatic ring is 1. The van der Waals surface area contributed by atoms with Gasteiger partial charge < -0.3 is 26.4 Å². The second kappa shape index (κ2) is 10.5. The number of aryl methyl sites for hydroxylation is 1. The number of nitrogens with zero attached hydrogens (tertiary/aromatic N) is 7. The van der Waals surface area contributed by atoms with Crippen LogP contribution in [0.5, 0.6) is 5.75 Å². The lowest BCUT2D eigenvalue weighted by Crippen LogP contribution is -2.31. The summed E-state index contributed by atoms with van der Waals surface area (Å²) in [5.41, 5.74) is 9.03. The maximum Gasteiger partial charge on any atom is 0.251 e. The van der Waals surface area contributed by atoms with E-state index in [0.717, 1.165) is 11.1 Å². The molecule has 0 unspecified atom stereocenters. The van der Waals surface area contributed by atoms with E-state index in [2.05, 4.69) is 25.7 Å². The van der Waals surface area contributed by atoms with Gasteiger partial charge in [-0.25, -0.2) is 19.5 Å². The molecule has 0 radical (unpaired) electrons. The zero-order valence-corrected chi connectivity index (χ0v) is 21.0. The molecular formula is C25H28N10O2. The van der Waals surface area contributed by atoms with Gasteiger partial charge >= 0.3 is 0 Å². The average molecular weight is 501 g/mol. The van der Waals surface area contributed by atoms with Crippen molar-refractivity contribution in [3.8, 4) is 23.1 Å². The van der Waals surface area contributed by atoms with Crippen molar-refractivity contribution in [2.75, 3.05) is 38.2 Å². The fourth-order valence-corrected chi connectivity index (χ4v) is 3.84. The van der Waals surface area contributed by atoms with Crippen LogP contribution in [0, 0.1) is 18.3 Å². The molecule has 0 spiro atoms. The number of nitrogens with two attached hydrogens (primary N) is 1. The first kappa shape index (κ1) is 25.3. The van der Waals surface area contributed by atoms with Crippen LogP contribution in [-0.2, 0) is 0 Å². The van der Waals surface area contributed by atoms with Crippen LogP contribution in [0.2, 0.25) is 0 Å². The van der Waals surface area contributed by atoms with Crippen LogP contribution in [-0.4, -0.2) is 67.7 Å². The van der Waals surface area contributed by atoms with E-state index in [-0.39, 0.29) is 28.9 Å². The van der Waals surface area contributed by atoms with Gasteiger partial charge in [0, 0.05) is 30.4 Å². The third kappa shape index (κ3) is 5.41. The minimum Gasteiger partial charge on any atom is -0.508 e. The van der Waals surface area contributed by atoms with Gasteiger partial charge in [-0.3, -0.25) is 4.79 Å². The lowest BCUT2D eigenvalue weighted by Gasteiger charge is -2.17. The number of anilines is 2. The molecule has 0 saturated heterocycles. The number of hydrogen-bond acceptors (Lipinski definition) is 10. The normalized spacial score (nSPS) is 11.9. The standard InChI is InChI=1S/C25H28N10O2/c1-14-5-7-35-21(14)20(16-9-17(11-18(36)10-16)25(37)28-6-8-34(3)4)32-23(33-35)15(2)31-24-19(12-26)22(27)29-13-30-24/h5,7,9-11,13,15,36H,6,8H2,1-4H3,(H,28,37)(H3,27,29,30,31)/t15-/m0/s1. The van der Waals surface area contributed by atoms with Crippen LogP contribution in [0.25, 0.3) is 16.8 Å². The molecule has 0 aliphatic carbocycles. The molecule has 12 nitrogen and oxygen atoms in total. The summed E-state index contributed by atoms with van der Waals surface area (Å²) in [7, 11) is 3.85. The predicted molar refractivity (Wildman–Crippen MR) is 139 cm³/mol. The quantitative estimate of drug-likeness (QED) is 0.281. The summed E-state index contributed by atoms with van der Waals surface area (Å²) < 4.78 is 1.70. The van der Waals surface area contributed by atoms with Gasteiger partial charge in [0.1, 0.15) is 35.3 Å². The molecule has 4 rings (SSSR count). The van der Waals surface area contributed by atoms with Gasteiger partial charge in [-0.05, 0) is 57.8 Å². The highest BCUT2D eigenvalue weighted by molar-refractivity contribution is 5.96. The smallest absolute Gasteiger partial charge is 0.251 e. The Morgan fingerprint density at radius 3 is 2.81 bits per heavy atom. The number of likely N-dealkylation sites (N-methyl/N-ethyl adjacent to an activating group) is 1. The highest BCUT2D eigenvalue weighted by Crippen LogP contribution is 2.31. The van der Waals surface area contributed by atoms with Gasteiger partial charge in [-0.1, -0.05) is 0 Å². The van der Waals surface area contributed by atoms with Crippen molar-refractivity contribution in [3.63, 3.8) is 0 Å². The Balaban J connectivity index is 1.74. The maximum atomic E-state index is 12.8. The van der Waals surface area contributed by atoms with E-state index in [1.165, 1.54) is 12.4 Å². The molecule has 1 atom stereocenters. The van der Waals surface area contributed by atoms with Gasteiger partial charge in [0.25, 0.3) is 5.91 Å². The van der Waals surface area contributed by atoms with E-state index in [0.29, 0.717) is 35.7 Å². The number of amides is 1. The third-order valence-electron chi connectivity index (χ3n) is 5.76. The summed E-state index contributed by atoms with van der Waals surface area (Å²) in [6.45, 7) is 4.92. The first-order valence-electron chi connectivity index (χ1n) is 11.6. The van der Waals surface area contributed by atoms with Crippen LogP contribution >= 0.6 is 0 Å². The molecule has 3 aromatic heterocycles. The molecule has 3 heterocycles. The summed E-state index contributed by atoms with van der Waals surface area (Å²) in [5, 5.41) is 30.5. The first-order chi connectivity index (χ1) is 17.7. The van der Waals surface area contributed by atoms with Gasteiger partial charge in [-0.2, -0.15) is 10.4 Å². The maximum absolute atomic E-state index is 12.8. The Kier molecular flexibility index (Phi) is 7.17. The molecule has 37 heavy (non-hydrogen) atoms. The second-order valence-corrected chi connectivity index (χ2v) is 8.90. The summed E-state index contributed by atoms with van der Waals surface area (Å²) in [6.07, 6.45) is 3.08. The molecular weight excluding hydrogens is 472 g/mol. The number of nitriles is 1. The number of hydrogen-bond donors (Lipinski definition) is 4. The highest BCUT2D eigenvalue weighted by atomic mass is 16.3. The number of aromatic nitrogens is 5. The Labute approximate surface area is 213 Å². The van der Waals surface area contributed by atoms with Crippen LogP contribution < -0.4 is 16.4 Å². The summed E-state index contributed by atoms with van der Waals surface area (Å²) in [4.78, 5) is 27.5. The summed E-state index contributed by atoms with van der Waals surface area (Å²) in [5.74, 6) is 0.391. The number of nitrogens with one attached hydrogen (secondary N) is 2. The molecule has 0 fully saturated rings. The van der Waals surface area contributed by atoms with Crippen molar-refractivity contribution < 1.29 is 9.90 Å². The van der Waals surface area contributed by atoms with E-state index in [9.17, 15) is 15.2 Å². The van der Waals surface area contributed by atoms with Crippen molar-refractivity contribution in [1.29, 1.82) is 5.26 Å². The average Bonchev–Trinajstić information content (AvgIpc) is 3.23. The van der Waals surface area contributed by atoms with E-state index < -0.39 is 6.04 Å². The Hall–Kier alpha value is -4.76. The minimum atomic E-state index is -0.474. The molecule has 1 amide bonds. The lowest BCUT2D eigenvalue weighted by molar-refractivity contribution is 0.0950. The molecule has 0 aliphatic heterocycles. The SMILES string of the molecule is Cc1ccn2nc([C@H](C)Nc3ncnc(N)c3C#N)nc(-c3cc(O)cc(C(=O)NCCN(C)C)c3)c12. The second-order valence-electron chi connectivity index (χ2n) is 8.90. The molecule has 5 N–H and O–H groups in total. The predicted octanol–water partition coefficient (Wildman–Crippen LogP) is 2.12. The van der Waals surface area contributed by atoms with Crippen molar-refractivity contribution >= 4 is 23.1 Å². The lowest BCUT2D eigenvalue weighted by atomic mass is 10.0. The fourth-order valence-electron chi connectivity index (χ4n) is 3.84. The van der Waals surface area contributed by atoms with Gasteiger partial charge in [-0.15, -0.1) is 0 Å². The summed E-state index contributed by atoms with van der Waals surface area (Å²) in [6, 6.07) is 8.12. The van der Waals surface area contributed by atoms with Crippen LogP contribution in [0.4, 0.5) is 11.6 Å². The van der Waals surface area contributed by atoms with Gasteiger partial charge in [0.15, 0.2) is 5.82 Å². The zero-order valence-electron chi connectivity index (χ0n) is 21.0. The number of aromatic hydroxyl groups is 1. The number of carbonyl (C=O) groups is 1. The van der Waals surface area contributed by atoms with E-state index >= 15 is 0 Å². The van der Waals surface area contributed by atoms with Crippen molar-refractivity contribution in [3.05, 3.63) is 59.3 Å². The molecule has 1 aromatic carbocycles. The molecule has 0 bridgehead atoms. The van der Waals surface area contributed by atoms with Crippen LogP contribution in [0.1, 0.15) is 40.3 Å². The Morgan fingerprint density at radius 2 is 2.08 bits per heavy atom. The van der Waals surface area contributed by atoms with Crippen LogP contribution in [0.15, 0.2) is 36.8 Å². The molecule has 190 valence electrons. The van der Waals surface area contributed by atoms with Gasteiger partial charge in [0.05, 0.1) is 17.3 Å². The Bertz CT molecular complexity index is 1510. The number of rotatable bonds is 8. The molecule has 0 aliphatic rings. The van der Waals surface area contributed by atoms with E-state index in [1.54, 1.807) is 16.6 Å². The number of phenolic OH excluding ortho intramolecular Hbond substituents is 1. The van der Waals surface area contributed by atoms with Crippen molar-refractivity contribution in [2.45, 2.75) is 19.9 Å². The highest BCUT2D eigenvalue weighted by Gasteiger charge is 2.20. The van der Waals surface area contributed by atoms with Gasteiger partial charge in [0.2, 0.25) is 0 Å². The largest absolute Gasteiger partial charge is 0.508 e. The van der Waals surface area contributed by atoms with E-state index in [4.69, 9.17) is 10.7 Å². The number of fused-ring (bicyclic) bond motifs is 1. The van der Waals surface area contributed by atoms with E-state index in [1.807, 2.05) is 51.2 Å². The van der Waals surface area contributed by atoms with Crippen molar-refractivity contribution in [1.82, 2.24) is 34.8 Å². The zero-order chi connectivity index (χ0) is 26.7. The monoisotopic (exact) mass is 500 g/mol. The number of carbonyl (C=O) groups excluding carboxylic acids is 1. The third-order valence-corrected chi connectivity index (χ3v) is 5.76. The van der Waals surface area contributed by atoms with Crippen molar-refractivity contribution in [2.24, 2.45) is 0 Å². The fraction of sp³-hybridized carbons (Fsp3) is 0.280. The topological polar surface area (TPSA) is 170 Å². The molecule has 0 saturated carbocycles. The minimum absolute atomic E-state index is 0.0564. The molecule has 4 aromatic rings. The number of benzene rings is 1. The Morgan fingerprint density at radius 1 is 1.30 bits per heavy atom. The summed E-state index contributed by atoms with van der Waals surface area (Å²) >= 11 is 0. The first-order valence-corrected chi connectivity index (χ1v) is 11.6. The number of phenols is 1. The van der Waals surface area contributed by atoms with Crippen LogP contribution in [0.3, 0.4) is 0 Å². The molecule has 12 heteroatoms.